The normalized spacial score (nSPS) is 15.9. The standard InChI is InChI=1S/C15H17NO4.ClH/c1-10-8-14(18)11-2-3-13(17)12(15(11)20-10)9-16-4-6-19-7-5-16;/h2-3,8,17H,4-7,9H2,1H3;1H. The van der Waals surface area contributed by atoms with Crippen LogP contribution in [0.2, 0.25) is 0 Å². The number of benzene rings is 1. The molecule has 2 aromatic rings. The molecule has 1 fully saturated rings. The SMILES string of the molecule is Cc1cc(=O)c2ccc(O)c(C[NH+]3CCOCC3)c2o1.[Cl-]. The molecule has 21 heavy (non-hydrogen) atoms. The topological polar surface area (TPSA) is 64.1 Å². The summed E-state index contributed by atoms with van der Waals surface area (Å²) >= 11 is 0. The zero-order chi connectivity index (χ0) is 14.1. The summed E-state index contributed by atoms with van der Waals surface area (Å²) in [5.74, 6) is 0.747. The molecule has 1 aliphatic heterocycles. The van der Waals surface area contributed by atoms with Gasteiger partial charge in [0, 0.05) is 6.07 Å². The van der Waals surface area contributed by atoms with E-state index in [-0.39, 0.29) is 23.6 Å². The number of phenols is 1. The van der Waals surface area contributed by atoms with Crippen LogP contribution in [0.3, 0.4) is 0 Å². The Morgan fingerprint density at radius 2 is 2.00 bits per heavy atom. The van der Waals surface area contributed by atoms with Gasteiger partial charge in [-0.2, -0.15) is 0 Å². The molecule has 1 aliphatic rings. The van der Waals surface area contributed by atoms with Crippen molar-refractivity contribution >= 4 is 11.0 Å². The molecule has 5 nitrogen and oxygen atoms in total. The lowest BCUT2D eigenvalue weighted by atomic mass is 10.1. The van der Waals surface area contributed by atoms with Gasteiger partial charge in [-0.15, -0.1) is 0 Å². The molecule has 0 spiro atoms. The maximum atomic E-state index is 12.0. The van der Waals surface area contributed by atoms with Gasteiger partial charge in [0.2, 0.25) is 0 Å². The zero-order valence-electron chi connectivity index (χ0n) is 11.8. The molecule has 3 rings (SSSR count). The lowest BCUT2D eigenvalue weighted by molar-refractivity contribution is -0.921. The first-order valence-corrected chi connectivity index (χ1v) is 6.82. The number of quaternary nitrogens is 1. The third kappa shape index (κ3) is 3.20. The van der Waals surface area contributed by atoms with Crippen LogP contribution in [-0.2, 0) is 11.3 Å². The number of fused-ring (bicyclic) bond motifs is 1. The smallest absolute Gasteiger partial charge is 0.192 e. The Bertz CT molecular complexity index is 692. The highest BCUT2D eigenvalue weighted by Gasteiger charge is 2.20. The van der Waals surface area contributed by atoms with Crippen LogP contribution in [0, 0.1) is 6.92 Å². The van der Waals surface area contributed by atoms with E-state index in [9.17, 15) is 9.90 Å². The summed E-state index contributed by atoms with van der Waals surface area (Å²) in [6.45, 7) is 5.63. The Balaban J connectivity index is 0.00000161. The van der Waals surface area contributed by atoms with Gasteiger partial charge in [-0.3, -0.25) is 4.79 Å². The van der Waals surface area contributed by atoms with Crippen molar-refractivity contribution in [2.45, 2.75) is 13.5 Å². The second kappa shape index (κ2) is 6.47. The number of aryl methyl sites for hydroxylation is 1. The molecule has 1 saturated heterocycles. The van der Waals surface area contributed by atoms with Crippen molar-refractivity contribution in [3.05, 3.63) is 39.7 Å². The first-order valence-electron chi connectivity index (χ1n) is 6.82. The number of hydrogen-bond acceptors (Lipinski definition) is 4. The first kappa shape index (κ1) is 15.8. The number of aromatic hydroxyl groups is 1. The lowest BCUT2D eigenvalue weighted by Crippen LogP contribution is -3.12. The Hall–Kier alpha value is -1.56. The largest absolute Gasteiger partial charge is 1.00 e. The van der Waals surface area contributed by atoms with Gasteiger partial charge in [0.05, 0.1) is 24.2 Å². The molecular weight excluding hydrogens is 294 g/mol. The van der Waals surface area contributed by atoms with Crippen LogP contribution in [0.5, 0.6) is 5.75 Å². The molecular formula is C15H18ClNO4. The molecule has 0 amide bonds. The van der Waals surface area contributed by atoms with Crippen LogP contribution < -0.4 is 22.7 Å². The van der Waals surface area contributed by atoms with E-state index in [1.165, 1.54) is 11.0 Å². The maximum Gasteiger partial charge on any atom is 0.192 e. The molecule has 0 aliphatic carbocycles. The Kier molecular flexibility index (Phi) is 4.88. The lowest BCUT2D eigenvalue weighted by Gasteiger charge is -2.24. The zero-order valence-corrected chi connectivity index (χ0v) is 12.6. The minimum atomic E-state index is -0.0676. The molecule has 1 aromatic carbocycles. The highest BCUT2D eigenvalue weighted by molar-refractivity contribution is 5.81. The van der Waals surface area contributed by atoms with E-state index in [2.05, 4.69) is 0 Å². The van der Waals surface area contributed by atoms with Crippen molar-refractivity contribution in [3.63, 3.8) is 0 Å². The van der Waals surface area contributed by atoms with E-state index >= 15 is 0 Å². The minimum Gasteiger partial charge on any atom is -1.00 e. The van der Waals surface area contributed by atoms with E-state index in [0.29, 0.717) is 28.8 Å². The summed E-state index contributed by atoms with van der Waals surface area (Å²) in [6.07, 6.45) is 0. The molecule has 6 heteroatoms. The molecule has 0 bridgehead atoms. The third-order valence-corrected chi connectivity index (χ3v) is 3.73. The summed E-state index contributed by atoms with van der Waals surface area (Å²) in [5.41, 5.74) is 1.15. The van der Waals surface area contributed by atoms with Crippen molar-refractivity contribution in [2.75, 3.05) is 26.3 Å². The highest BCUT2D eigenvalue weighted by atomic mass is 35.5. The molecule has 2 N–H and O–H groups in total. The maximum absolute atomic E-state index is 12.0. The average molecular weight is 312 g/mol. The highest BCUT2D eigenvalue weighted by Crippen LogP contribution is 2.25. The number of ether oxygens (including phenoxy) is 1. The van der Waals surface area contributed by atoms with Crippen LogP contribution in [0.25, 0.3) is 11.0 Å². The Morgan fingerprint density at radius 1 is 1.29 bits per heavy atom. The monoisotopic (exact) mass is 311 g/mol. The Labute approximate surface area is 128 Å². The molecule has 1 aromatic heterocycles. The van der Waals surface area contributed by atoms with Gasteiger partial charge in [0.15, 0.2) is 11.0 Å². The summed E-state index contributed by atoms with van der Waals surface area (Å²) in [5, 5.41) is 10.6. The van der Waals surface area contributed by atoms with Crippen molar-refractivity contribution in [1.29, 1.82) is 0 Å². The predicted octanol–water partition coefficient (Wildman–Crippen LogP) is -2.77. The van der Waals surface area contributed by atoms with Gasteiger partial charge < -0.3 is 31.6 Å². The molecule has 0 unspecified atom stereocenters. The van der Waals surface area contributed by atoms with Crippen LogP contribution in [0.1, 0.15) is 11.3 Å². The van der Waals surface area contributed by atoms with Crippen LogP contribution in [0.4, 0.5) is 0 Å². The first-order chi connectivity index (χ1) is 9.65. The minimum absolute atomic E-state index is 0. The fourth-order valence-corrected chi connectivity index (χ4v) is 2.64. The summed E-state index contributed by atoms with van der Waals surface area (Å²) in [4.78, 5) is 13.3. The Morgan fingerprint density at radius 3 is 2.71 bits per heavy atom. The molecule has 2 heterocycles. The fraction of sp³-hybridized carbons (Fsp3) is 0.400. The fourth-order valence-electron chi connectivity index (χ4n) is 2.64. The summed E-state index contributed by atoms with van der Waals surface area (Å²) < 4.78 is 11.0. The number of halogens is 1. The second-order valence-electron chi connectivity index (χ2n) is 5.20. The van der Waals surface area contributed by atoms with Crippen molar-refractivity contribution in [1.82, 2.24) is 0 Å². The predicted molar refractivity (Wildman–Crippen MR) is 74.1 cm³/mol. The van der Waals surface area contributed by atoms with Crippen molar-refractivity contribution in [3.8, 4) is 5.75 Å². The number of nitrogens with one attached hydrogen (secondary N) is 1. The van der Waals surface area contributed by atoms with Crippen LogP contribution >= 0.6 is 0 Å². The molecule has 0 radical (unpaired) electrons. The van der Waals surface area contributed by atoms with Gasteiger partial charge in [0.1, 0.15) is 31.1 Å². The number of morpholine rings is 1. The summed E-state index contributed by atoms with van der Waals surface area (Å²) in [7, 11) is 0. The van der Waals surface area contributed by atoms with E-state index in [4.69, 9.17) is 9.15 Å². The van der Waals surface area contributed by atoms with E-state index in [1.807, 2.05) is 0 Å². The number of phenolic OH excluding ortho intramolecular Hbond substituents is 1. The average Bonchev–Trinajstić information content (AvgIpc) is 2.43. The second-order valence-corrected chi connectivity index (χ2v) is 5.20. The molecule has 0 saturated carbocycles. The van der Waals surface area contributed by atoms with Gasteiger partial charge in [-0.1, -0.05) is 0 Å². The number of rotatable bonds is 2. The molecule has 0 atom stereocenters. The van der Waals surface area contributed by atoms with Gasteiger partial charge in [-0.05, 0) is 19.1 Å². The number of hydrogen-bond donors (Lipinski definition) is 2. The molecule has 114 valence electrons. The summed E-state index contributed by atoms with van der Waals surface area (Å²) in [6, 6.07) is 4.67. The van der Waals surface area contributed by atoms with Crippen molar-refractivity contribution in [2.24, 2.45) is 0 Å². The van der Waals surface area contributed by atoms with Crippen molar-refractivity contribution < 1.29 is 31.6 Å². The van der Waals surface area contributed by atoms with E-state index < -0.39 is 0 Å². The quantitative estimate of drug-likeness (QED) is 0.630. The van der Waals surface area contributed by atoms with Crippen LogP contribution in [0.15, 0.2) is 27.4 Å². The van der Waals surface area contributed by atoms with Gasteiger partial charge in [0.25, 0.3) is 0 Å². The third-order valence-electron chi connectivity index (χ3n) is 3.73. The van der Waals surface area contributed by atoms with Crippen LogP contribution in [-0.4, -0.2) is 31.4 Å². The van der Waals surface area contributed by atoms with E-state index in [1.54, 1.807) is 19.1 Å². The van der Waals surface area contributed by atoms with Gasteiger partial charge in [-0.25, -0.2) is 0 Å². The van der Waals surface area contributed by atoms with E-state index in [0.717, 1.165) is 26.3 Å². The van der Waals surface area contributed by atoms with Gasteiger partial charge >= 0.3 is 0 Å².